The van der Waals surface area contributed by atoms with Crippen LogP contribution in [0.5, 0.6) is 0 Å². The van der Waals surface area contributed by atoms with Crippen molar-refractivity contribution >= 4 is 11.9 Å². The maximum absolute atomic E-state index is 10.6. The highest BCUT2D eigenvalue weighted by Crippen LogP contribution is 2.13. The van der Waals surface area contributed by atoms with Crippen LogP contribution in [0.15, 0.2) is 18.2 Å². The number of benzene rings is 1. The minimum atomic E-state index is -0.970. The fourth-order valence-corrected chi connectivity index (χ4v) is 1.35. The topological polar surface area (TPSA) is 74.6 Å². The second-order valence-electron chi connectivity index (χ2n) is 3.34. The molecule has 1 rings (SSSR count). The zero-order chi connectivity index (χ0) is 11.4. The lowest BCUT2D eigenvalue weighted by Gasteiger charge is -2.04. The fourth-order valence-electron chi connectivity index (χ4n) is 1.35. The largest absolute Gasteiger partial charge is 0.481 e. The average molecular weight is 208 g/mol. The van der Waals surface area contributed by atoms with Crippen molar-refractivity contribution in [1.82, 2.24) is 0 Å². The Bertz CT molecular complexity index is 396. The van der Waals surface area contributed by atoms with Gasteiger partial charge < -0.3 is 10.2 Å². The first-order chi connectivity index (χ1) is 7.00. The number of carboxylic acid groups (broad SMARTS) is 2. The van der Waals surface area contributed by atoms with E-state index in [2.05, 4.69) is 0 Å². The Morgan fingerprint density at radius 1 is 1.27 bits per heavy atom. The number of aliphatic carboxylic acids is 1. The van der Waals surface area contributed by atoms with Crippen molar-refractivity contribution in [3.8, 4) is 0 Å². The molecule has 0 aliphatic heterocycles. The van der Waals surface area contributed by atoms with E-state index in [1.807, 2.05) is 0 Å². The van der Waals surface area contributed by atoms with Gasteiger partial charge in [-0.05, 0) is 36.6 Å². The van der Waals surface area contributed by atoms with Gasteiger partial charge in [-0.1, -0.05) is 6.07 Å². The first-order valence-electron chi connectivity index (χ1n) is 4.55. The summed E-state index contributed by atoms with van der Waals surface area (Å²) in [5.74, 6) is -1.82. The second kappa shape index (κ2) is 4.59. The smallest absolute Gasteiger partial charge is 0.335 e. The third kappa shape index (κ3) is 3.09. The van der Waals surface area contributed by atoms with E-state index >= 15 is 0 Å². The molecule has 0 saturated carbocycles. The van der Waals surface area contributed by atoms with Crippen LogP contribution in [-0.4, -0.2) is 22.2 Å². The summed E-state index contributed by atoms with van der Waals surface area (Å²) in [7, 11) is 0. The van der Waals surface area contributed by atoms with Crippen molar-refractivity contribution in [3.05, 3.63) is 34.9 Å². The van der Waals surface area contributed by atoms with Crippen molar-refractivity contribution in [3.63, 3.8) is 0 Å². The first kappa shape index (κ1) is 11.2. The van der Waals surface area contributed by atoms with Gasteiger partial charge in [0.25, 0.3) is 0 Å². The standard InChI is InChI=1S/C11H12O4/c1-7-6-9(11(14)15)3-2-8(7)4-5-10(12)13/h2-3,6H,4-5H2,1H3,(H,12,13)(H,14,15). The van der Waals surface area contributed by atoms with E-state index < -0.39 is 11.9 Å². The predicted octanol–water partition coefficient (Wildman–Crippen LogP) is 1.71. The normalized spacial score (nSPS) is 9.93. The summed E-state index contributed by atoms with van der Waals surface area (Å²) >= 11 is 0. The number of hydrogen-bond acceptors (Lipinski definition) is 2. The Balaban J connectivity index is 2.83. The van der Waals surface area contributed by atoms with E-state index in [0.717, 1.165) is 11.1 Å². The van der Waals surface area contributed by atoms with Crippen molar-refractivity contribution in [2.24, 2.45) is 0 Å². The molecule has 1 aromatic carbocycles. The highest BCUT2D eigenvalue weighted by molar-refractivity contribution is 5.87. The molecule has 0 aliphatic rings. The molecule has 0 fully saturated rings. The molecule has 1 aromatic rings. The number of aryl methyl sites for hydroxylation is 2. The van der Waals surface area contributed by atoms with Crippen LogP contribution in [0, 0.1) is 6.92 Å². The highest BCUT2D eigenvalue weighted by atomic mass is 16.4. The van der Waals surface area contributed by atoms with E-state index in [-0.39, 0.29) is 12.0 Å². The summed E-state index contributed by atoms with van der Waals surface area (Å²) in [6.45, 7) is 1.78. The van der Waals surface area contributed by atoms with Crippen LogP contribution < -0.4 is 0 Å². The van der Waals surface area contributed by atoms with Crippen LogP contribution in [0.25, 0.3) is 0 Å². The van der Waals surface area contributed by atoms with Crippen LogP contribution in [-0.2, 0) is 11.2 Å². The lowest BCUT2D eigenvalue weighted by molar-refractivity contribution is -0.136. The van der Waals surface area contributed by atoms with E-state index in [1.165, 1.54) is 6.07 Å². The van der Waals surface area contributed by atoms with Gasteiger partial charge in [-0.3, -0.25) is 4.79 Å². The van der Waals surface area contributed by atoms with Crippen LogP contribution in [0.3, 0.4) is 0 Å². The quantitative estimate of drug-likeness (QED) is 0.789. The first-order valence-corrected chi connectivity index (χ1v) is 4.55. The molecular formula is C11H12O4. The van der Waals surface area contributed by atoms with Crippen LogP contribution in [0.2, 0.25) is 0 Å². The van der Waals surface area contributed by atoms with E-state index in [1.54, 1.807) is 19.1 Å². The summed E-state index contributed by atoms with van der Waals surface area (Å²) in [6, 6.07) is 4.72. The molecule has 4 heteroatoms. The molecule has 0 aromatic heterocycles. The summed E-state index contributed by atoms with van der Waals surface area (Å²) in [5, 5.41) is 17.2. The van der Waals surface area contributed by atoms with Gasteiger partial charge in [0.1, 0.15) is 0 Å². The number of carboxylic acids is 2. The molecule has 0 bridgehead atoms. The van der Waals surface area contributed by atoms with Gasteiger partial charge in [0.2, 0.25) is 0 Å². The molecule has 0 heterocycles. The molecule has 15 heavy (non-hydrogen) atoms. The van der Waals surface area contributed by atoms with Gasteiger partial charge in [0, 0.05) is 6.42 Å². The molecule has 0 atom stereocenters. The third-order valence-corrected chi connectivity index (χ3v) is 2.20. The minimum absolute atomic E-state index is 0.0628. The fraction of sp³-hybridized carbons (Fsp3) is 0.273. The predicted molar refractivity (Wildman–Crippen MR) is 54.1 cm³/mol. The van der Waals surface area contributed by atoms with Crippen LogP contribution in [0.1, 0.15) is 27.9 Å². The SMILES string of the molecule is Cc1cc(C(=O)O)ccc1CCC(=O)O. The Morgan fingerprint density at radius 2 is 1.93 bits per heavy atom. The Kier molecular flexibility index (Phi) is 3.44. The molecule has 0 aliphatic carbocycles. The van der Waals surface area contributed by atoms with E-state index in [9.17, 15) is 9.59 Å². The number of aromatic carboxylic acids is 1. The monoisotopic (exact) mass is 208 g/mol. The average Bonchev–Trinajstić information content (AvgIpc) is 2.15. The molecule has 4 nitrogen and oxygen atoms in total. The lowest BCUT2D eigenvalue weighted by Crippen LogP contribution is -2.01. The second-order valence-corrected chi connectivity index (χ2v) is 3.34. The summed E-state index contributed by atoms with van der Waals surface area (Å²) in [5.41, 5.74) is 1.92. The molecule has 0 saturated heterocycles. The highest BCUT2D eigenvalue weighted by Gasteiger charge is 2.06. The van der Waals surface area contributed by atoms with Gasteiger partial charge in [-0.25, -0.2) is 4.79 Å². The van der Waals surface area contributed by atoms with Gasteiger partial charge >= 0.3 is 11.9 Å². The zero-order valence-corrected chi connectivity index (χ0v) is 8.36. The minimum Gasteiger partial charge on any atom is -0.481 e. The Hall–Kier alpha value is -1.84. The van der Waals surface area contributed by atoms with Gasteiger partial charge in [-0.2, -0.15) is 0 Å². The molecule has 0 amide bonds. The third-order valence-electron chi connectivity index (χ3n) is 2.20. The van der Waals surface area contributed by atoms with Gasteiger partial charge in [0.15, 0.2) is 0 Å². The summed E-state index contributed by atoms with van der Waals surface area (Å²) in [6.07, 6.45) is 0.494. The van der Waals surface area contributed by atoms with Crippen molar-refractivity contribution < 1.29 is 19.8 Å². The van der Waals surface area contributed by atoms with E-state index in [0.29, 0.717) is 6.42 Å². The number of carbonyl (C=O) groups is 2. The Morgan fingerprint density at radius 3 is 2.40 bits per heavy atom. The van der Waals surface area contributed by atoms with Crippen LogP contribution >= 0.6 is 0 Å². The molecule has 2 N–H and O–H groups in total. The molecule has 0 spiro atoms. The van der Waals surface area contributed by atoms with Crippen molar-refractivity contribution in [1.29, 1.82) is 0 Å². The maximum atomic E-state index is 10.6. The Labute approximate surface area is 87.2 Å². The van der Waals surface area contributed by atoms with Crippen LogP contribution in [0.4, 0.5) is 0 Å². The molecular weight excluding hydrogens is 196 g/mol. The summed E-state index contributed by atoms with van der Waals surface area (Å²) < 4.78 is 0. The van der Waals surface area contributed by atoms with Gasteiger partial charge in [-0.15, -0.1) is 0 Å². The molecule has 0 radical (unpaired) electrons. The maximum Gasteiger partial charge on any atom is 0.335 e. The molecule has 0 unspecified atom stereocenters. The molecule has 80 valence electrons. The summed E-state index contributed by atoms with van der Waals surface area (Å²) in [4.78, 5) is 21.0. The van der Waals surface area contributed by atoms with Crippen molar-refractivity contribution in [2.75, 3.05) is 0 Å². The zero-order valence-electron chi connectivity index (χ0n) is 8.36. The van der Waals surface area contributed by atoms with E-state index in [4.69, 9.17) is 10.2 Å². The number of rotatable bonds is 4. The van der Waals surface area contributed by atoms with Crippen molar-refractivity contribution in [2.45, 2.75) is 19.8 Å². The van der Waals surface area contributed by atoms with Gasteiger partial charge in [0.05, 0.1) is 5.56 Å². The number of hydrogen-bond donors (Lipinski definition) is 2. The lowest BCUT2D eigenvalue weighted by atomic mass is 10.0.